The second-order valence-electron chi connectivity index (χ2n) is 6.86. The molecule has 0 amide bonds. The van der Waals surface area contributed by atoms with Crippen molar-refractivity contribution in [1.29, 1.82) is 0 Å². The quantitative estimate of drug-likeness (QED) is 0.579. The van der Waals surface area contributed by atoms with E-state index < -0.39 is 0 Å². The van der Waals surface area contributed by atoms with Crippen LogP contribution >= 0.6 is 0 Å². The highest BCUT2D eigenvalue weighted by atomic mass is 16.1. The summed E-state index contributed by atoms with van der Waals surface area (Å²) in [6.45, 7) is 8.83. The first kappa shape index (κ1) is 19.5. The smallest absolute Gasteiger partial charge is 0.258 e. The van der Waals surface area contributed by atoms with E-state index in [-0.39, 0.29) is 5.56 Å². The van der Waals surface area contributed by atoms with Gasteiger partial charge in [0.2, 0.25) is 0 Å². The van der Waals surface area contributed by atoms with Crippen molar-refractivity contribution in [2.24, 2.45) is 0 Å². The van der Waals surface area contributed by atoms with Gasteiger partial charge in [-0.3, -0.25) is 9.36 Å². The van der Waals surface area contributed by atoms with Crippen molar-refractivity contribution in [3.8, 4) is 5.69 Å². The van der Waals surface area contributed by atoms with Crippen LogP contribution in [0.25, 0.3) is 5.69 Å². The van der Waals surface area contributed by atoms with Gasteiger partial charge in [0.15, 0.2) is 0 Å². The molecule has 0 fully saturated rings. The second-order valence-corrected chi connectivity index (χ2v) is 6.86. The molecular formula is C23H33NO. The third-order valence-corrected chi connectivity index (χ3v) is 4.81. The van der Waals surface area contributed by atoms with Gasteiger partial charge in [-0.2, -0.15) is 0 Å². The van der Waals surface area contributed by atoms with Crippen LogP contribution in [-0.2, 0) is 25.7 Å². The van der Waals surface area contributed by atoms with E-state index in [4.69, 9.17) is 0 Å². The van der Waals surface area contributed by atoms with E-state index in [9.17, 15) is 4.79 Å². The van der Waals surface area contributed by atoms with Crippen LogP contribution in [0.2, 0.25) is 0 Å². The summed E-state index contributed by atoms with van der Waals surface area (Å²) in [5.41, 5.74) is 6.30. The molecule has 2 nitrogen and oxygen atoms in total. The molecule has 0 radical (unpaired) electrons. The molecule has 136 valence electrons. The second kappa shape index (κ2) is 9.60. The standard InChI is InChI=1S/C23H33NO/c1-5-12-19-20(13-6-2)22(15-8-4)24(18-16-10-9-11-17-18)23(25)21(19)14-7-3/h9-11,16-17H,5-8,12-15H2,1-4H3. The lowest BCUT2D eigenvalue weighted by atomic mass is 9.90. The summed E-state index contributed by atoms with van der Waals surface area (Å²) < 4.78 is 2.01. The molecule has 0 bridgehead atoms. The number of nitrogens with zero attached hydrogens (tertiary/aromatic N) is 1. The minimum Gasteiger partial charge on any atom is -0.281 e. The van der Waals surface area contributed by atoms with Crippen molar-refractivity contribution in [2.45, 2.75) is 79.1 Å². The fourth-order valence-electron chi connectivity index (χ4n) is 3.83. The first-order valence-electron chi connectivity index (χ1n) is 10.0. The zero-order valence-electron chi connectivity index (χ0n) is 16.4. The van der Waals surface area contributed by atoms with E-state index in [1.807, 2.05) is 22.8 Å². The van der Waals surface area contributed by atoms with Crippen molar-refractivity contribution in [3.05, 3.63) is 63.1 Å². The molecular weight excluding hydrogens is 306 g/mol. The number of pyridine rings is 1. The SMILES string of the molecule is CCCc1c(CCC)c(CCC)n(-c2ccccc2)c(=O)c1CCC. The Balaban J connectivity index is 2.87. The minimum atomic E-state index is 0.208. The molecule has 0 saturated carbocycles. The van der Waals surface area contributed by atoms with Crippen LogP contribution < -0.4 is 5.56 Å². The van der Waals surface area contributed by atoms with Gasteiger partial charge in [0.05, 0.1) is 0 Å². The van der Waals surface area contributed by atoms with Gasteiger partial charge in [-0.05, 0) is 48.9 Å². The largest absolute Gasteiger partial charge is 0.281 e. The Bertz CT molecular complexity index is 728. The van der Waals surface area contributed by atoms with Gasteiger partial charge >= 0.3 is 0 Å². The predicted molar refractivity (Wildman–Crippen MR) is 108 cm³/mol. The summed E-state index contributed by atoms with van der Waals surface area (Å²) in [6.07, 6.45) is 8.20. The average Bonchev–Trinajstić information content (AvgIpc) is 2.62. The van der Waals surface area contributed by atoms with Crippen LogP contribution in [0, 0.1) is 0 Å². The van der Waals surface area contributed by atoms with Gasteiger partial charge in [-0.1, -0.05) is 71.6 Å². The Kier molecular flexibility index (Phi) is 7.49. The predicted octanol–water partition coefficient (Wildman–Crippen LogP) is 5.65. The molecule has 0 N–H and O–H groups in total. The van der Waals surface area contributed by atoms with E-state index >= 15 is 0 Å². The average molecular weight is 340 g/mol. The maximum absolute atomic E-state index is 13.5. The summed E-state index contributed by atoms with van der Waals surface area (Å²) >= 11 is 0. The fourth-order valence-corrected chi connectivity index (χ4v) is 3.83. The highest BCUT2D eigenvalue weighted by Gasteiger charge is 2.20. The van der Waals surface area contributed by atoms with Gasteiger partial charge in [0.25, 0.3) is 5.56 Å². The van der Waals surface area contributed by atoms with Crippen LogP contribution in [-0.4, -0.2) is 4.57 Å². The van der Waals surface area contributed by atoms with Crippen LogP contribution in [0.5, 0.6) is 0 Å². The molecule has 25 heavy (non-hydrogen) atoms. The Labute approximate surface area is 152 Å². The Morgan fingerprint density at radius 3 is 1.76 bits per heavy atom. The topological polar surface area (TPSA) is 22.0 Å². The van der Waals surface area contributed by atoms with Crippen molar-refractivity contribution in [2.75, 3.05) is 0 Å². The van der Waals surface area contributed by atoms with Crippen LogP contribution in [0.1, 0.15) is 75.8 Å². The van der Waals surface area contributed by atoms with E-state index in [0.717, 1.165) is 62.6 Å². The molecule has 0 aliphatic heterocycles. The van der Waals surface area contributed by atoms with Crippen molar-refractivity contribution >= 4 is 0 Å². The van der Waals surface area contributed by atoms with Gasteiger partial charge < -0.3 is 0 Å². The number of aromatic nitrogens is 1. The molecule has 2 aromatic rings. The van der Waals surface area contributed by atoms with Crippen molar-refractivity contribution in [1.82, 2.24) is 4.57 Å². The number of hydrogen-bond donors (Lipinski definition) is 0. The highest BCUT2D eigenvalue weighted by molar-refractivity contribution is 5.44. The van der Waals surface area contributed by atoms with Crippen LogP contribution in [0.3, 0.4) is 0 Å². The van der Waals surface area contributed by atoms with E-state index in [1.165, 1.54) is 16.8 Å². The van der Waals surface area contributed by atoms with Crippen LogP contribution in [0.4, 0.5) is 0 Å². The van der Waals surface area contributed by atoms with Crippen molar-refractivity contribution < 1.29 is 0 Å². The summed E-state index contributed by atoms with van der Waals surface area (Å²) in [4.78, 5) is 13.5. The fraction of sp³-hybridized carbons (Fsp3) is 0.522. The monoisotopic (exact) mass is 339 g/mol. The number of benzene rings is 1. The van der Waals surface area contributed by atoms with E-state index in [1.54, 1.807) is 0 Å². The molecule has 0 spiro atoms. The Hall–Kier alpha value is -1.83. The number of rotatable bonds is 9. The Morgan fingerprint density at radius 2 is 1.20 bits per heavy atom. The van der Waals surface area contributed by atoms with Gasteiger partial charge in [0, 0.05) is 16.9 Å². The first-order chi connectivity index (χ1) is 12.2. The maximum Gasteiger partial charge on any atom is 0.258 e. The van der Waals surface area contributed by atoms with Gasteiger partial charge in [-0.15, -0.1) is 0 Å². The highest BCUT2D eigenvalue weighted by Crippen LogP contribution is 2.25. The third kappa shape index (κ3) is 4.23. The molecule has 0 aliphatic rings. The third-order valence-electron chi connectivity index (χ3n) is 4.81. The molecule has 1 aromatic carbocycles. The minimum absolute atomic E-state index is 0.208. The lowest BCUT2D eigenvalue weighted by Crippen LogP contribution is -2.30. The lowest BCUT2D eigenvalue weighted by molar-refractivity contribution is 0.726. The summed E-state index contributed by atoms with van der Waals surface area (Å²) in [6, 6.07) is 10.2. The molecule has 2 heteroatoms. The van der Waals surface area contributed by atoms with Gasteiger partial charge in [-0.25, -0.2) is 0 Å². The zero-order valence-corrected chi connectivity index (χ0v) is 16.4. The molecule has 1 aromatic heterocycles. The maximum atomic E-state index is 13.5. The van der Waals surface area contributed by atoms with E-state index in [2.05, 4.69) is 39.8 Å². The normalized spacial score (nSPS) is 11.0. The van der Waals surface area contributed by atoms with E-state index in [0.29, 0.717) is 0 Å². The molecule has 0 atom stereocenters. The summed E-state index contributed by atoms with van der Waals surface area (Å²) in [5, 5.41) is 0. The van der Waals surface area contributed by atoms with Crippen molar-refractivity contribution in [3.63, 3.8) is 0 Å². The molecule has 0 unspecified atom stereocenters. The zero-order chi connectivity index (χ0) is 18.2. The molecule has 0 aliphatic carbocycles. The number of hydrogen-bond acceptors (Lipinski definition) is 1. The van der Waals surface area contributed by atoms with Gasteiger partial charge in [0.1, 0.15) is 0 Å². The number of para-hydroxylation sites is 1. The molecule has 0 saturated heterocycles. The molecule has 2 rings (SSSR count). The Morgan fingerprint density at radius 1 is 0.680 bits per heavy atom. The summed E-state index contributed by atoms with van der Waals surface area (Å²) in [5.74, 6) is 0. The van der Waals surface area contributed by atoms with Crippen LogP contribution in [0.15, 0.2) is 35.1 Å². The summed E-state index contributed by atoms with van der Waals surface area (Å²) in [7, 11) is 0. The first-order valence-corrected chi connectivity index (χ1v) is 10.0. The molecule has 1 heterocycles. The lowest BCUT2D eigenvalue weighted by Gasteiger charge is -2.23.